The Morgan fingerprint density at radius 3 is 2.69 bits per heavy atom. The molecule has 2 amide bonds. The zero-order valence-electron chi connectivity index (χ0n) is 16.8. The van der Waals surface area contributed by atoms with Gasteiger partial charge in [-0.15, -0.1) is 11.3 Å². The Hall–Kier alpha value is -3.85. The van der Waals surface area contributed by atoms with Gasteiger partial charge in [0.05, 0.1) is 22.8 Å². The van der Waals surface area contributed by atoms with Gasteiger partial charge in [0, 0.05) is 48.4 Å². The molecule has 32 heavy (non-hydrogen) atoms. The van der Waals surface area contributed by atoms with Crippen LogP contribution in [0, 0.1) is 0 Å². The van der Waals surface area contributed by atoms with Crippen molar-refractivity contribution in [3.63, 3.8) is 0 Å². The lowest BCUT2D eigenvalue weighted by atomic mass is 9.93. The maximum Gasteiger partial charge on any atom is 0.295 e. The van der Waals surface area contributed by atoms with Gasteiger partial charge in [-0.1, -0.05) is 18.2 Å². The number of nitrogens with zero attached hydrogens (tertiary/aromatic N) is 4. The third-order valence-electron chi connectivity index (χ3n) is 6.09. The van der Waals surface area contributed by atoms with Gasteiger partial charge in [0.25, 0.3) is 17.6 Å². The van der Waals surface area contributed by atoms with E-state index in [1.54, 1.807) is 40.4 Å². The summed E-state index contributed by atoms with van der Waals surface area (Å²) in [6.45, 7) is 0.998. The number of ketones is 1. The topological polar surface area (TPSA) is 99.3 Å². The highest BCUT2D eigenvalue weighted by atomic mass is 32.1. The number of hydrogen-bond donors (Lipinski definition) is 1. The van der Waals surface area contributed by atoms with Crippen LogP contribution in [-0.4, -0.2) is 62.0 Å². The molecule has 0 bridgehead atoms. The van der Waals surface area contributed by atoms with Crippen molar-refractivity contribution in [2.75, 3.05) is 19.6 Å². The second-order valence-corrected chi connectivity index (χ2v) is 8.69. The summed E-state index contributed by atoms with van der Waals surface area (Å²) in [5.41, 5.74) is 2.96. The summed E-state index contributed by atoms with van der Waals surface area (Å²) in [4.78, 5) is 54.6. The van der Waals surface area contributed by atoms with E-state index in [0.717, 1.165) is 5.01 Å². The molecule has 1 atom stereocenters. The van der Waals surface area contributed by atoms with Crippen LogP contribution in [0.2, 0.25) is 0 Å². The van der Waals surface area contributed by atoms with Gasteiger partial charge in [0.2, 0.25) is 0 Å². The molecule has 0 aliphatic carbocycles. The van der Waals surface area contributed by atoms with Crippen molar-refractivity contribution in [2.45, 2.75) is 6.04 Å². The van der Waals surface area contributed by atoms with E-state index in [4.69, 9.17) is 0 Å². The van der Waals surface area contributed by atoms with Crippen LogP contribution in [-0.2, 0) is 4.79 Å². The number of aromatic amines is 1. The average molecular weight is 443 g/mol. The van der Waals surface area contributed by atoms with Crippen molar-refractivity contribution in [2.24, 2.45) is 0 Å². The second-order valence-electron chi connectivity index (χ2n) is 7.79. The number of hydrogen-bond acceptors (Lipinski definition) is 6. The van der Waals surface area contributed by atoms with Crippen LogP contribution in [0.1, 0.15) is 32.5 Å². The minimum absolute atomic E-state index is 0.0857. The van der Waals surface area contributed by atoms with Crippen LogP contribution < -0.4 is 0 Å². The first-order valence-corrected chi connectivity index (χ1v) is 11.1. The molecule has 2 aliphatic rings. The SMILES string of the molecule is O=C1C(=O)N2CCN(C(=O)c3ccccc3)C[C@H]2c2[nH]c3c(-c4nccs4)nccc3c21. The summed E-state index contributed by atoms with van der Waals surface area (Å²) in [5.74, 6) is -1.14. The summed E-state index contributed by atoms with van der Waals surface area (Å²) in [6.07, 6.45) is 3.33. The van der Waals surface area contributed by atoms with Gasteiger partial charge >= 0.3 is 0 Å². The molecule has 1 fully saturated rings. The minimum Gasteiger partial charge on any atom is -0.354 e. The van der Waals surface area contributed by atoms with Crippen molar-refractivity contribution in [1.82, 2.24) is 24.8 Å². The molecule has 1 saturated heterocycles. The Balaban J connectivity index is 1.46. The molecule has 0 saturated carbocycles. The first-order chi connectivity index (χ1) is 15.6. The summed E-state index contributed by atoms with van der Waals surface area (Å²) < 4.78 is 0. The van der Waals surface area contributed by atoms with Crippen LogP contribution in [0.15, 0.2) is 54.2 Å². The zero-order valence-corrected chi connectivity index (χ0v) is 17.6. The van der Waals surface area contributed by atoms with Crippen molar-refractivity contribution in [3.05, 3.63) is 71.0 Å². The predicted octanol–water partition coefficient (Wildman–Crippen LogP) is 2.91. The number of benzene rings is 1. The van der Waals surface area contributed by atoms with Gasteiger partial charge < -0.3 is 14.8 Å². The van der Waals surface area contributed by atoms with Crippen LogP contribution in [0.25, 0.3) is 21.6 Å². The van der Waals surface area contributed by atoms with Crippen molar-refractivity contribution < 1.29 is 14.4 Å². The lowest BCUT2D eigenvalue weighted by molar-refractivity contribution is -0.131. The number of rotatable bonds is 2. The number of thiazole rings is 1. The number of pyridine rings is 1. The summed E-state index contributed by atoms with van der Waals surface area (Å²) in [6, 6.07) is 10.4. The fourth-order valence-electron chi connectivity index (χ4n) is 4.59. The third-order valence-corrected chi connectivity index (χ3v) is 6.87. The Morgan fingerprint density at radius 1 is 1.06 bits per heavy atom. The van der Waals surface area contributed by atoms with E-state index in [0.29, 0.717) is 53.1 Å². The number of Topliss-reactive ketones (excluding diaryl/α,β-unsaturated/α-hetero) is 1. The van der Waals surface area contributed by atoms with Crippen LogP contribution >= 0.6 is 11.3 Å². The second kappa shape index (κ2) is 7.10. The molecule has 158 valence electrons. The molecule has 1 N–H and O–H groups in total. The molecule has 0 radical (unpaired) electrons. The normalized spacial score (nSPS) is 18.1. The fourth-order valence-corrected chi connectivity index (χ4v) is 5.23. The number of H-pyrrole nitrogens is 1. The van der Waals surface area contributed by atoms with E-state index < -0.39 is 17.7 Å². The molecule has 2 aliphatic heterocycles. The number of fused-ring (bicyclic) bond motifs is 5. The Kier molecular flexibility index (Phi) is 4.19. The molecule has 6 rings (SSSR count). The quantitative estimate of drug-likeness (QED) is 0.480. The monoisotopic (exact) mass is 443 g/mol. The van der Waals surface area contributed by atoms with E-state index in [-0.39, 0.29) is 5.91 Å². The largest absolute Gasteiger partial charge is 0.354 e. The molecule has 3 aromatic heterocycles. The number of amides is 2. The van der Waals surface area contributed by atoms with E-state index >= 15 is 0 Å². The summed E-state index contributed by atoms with van der Waals surface area (Å²) in [5, 5.41) is 3.25. The van der Waals surface area contributed by atoms with E-state index in [1.165, 1.54) is 11.3 Å². The highest BCUT2D eigenvalue weighted by Gasteiger charge is 2.44. The highest BCUT2D eigenvalue weighted by molar-refractivity contribution is 7.13. The van der Waals surface area contributed by atoms with Crippen molar-refractivity contribution >= 4 is 39.8 Å². The number of aromatic nitrogens is 3. The van der Waals surface area contributed by atoms with E-state index in [2.05, 4.69) is 15.0 Å². The lowest BCUT2D eigenvalue weighted by Crippen LogP contribution is -2.56. The van der Waals surface area contributed by atoms with Crippen LogP contribution in [0.4, 0.5) is 0 Å². The third kappa shape index (κ3) is 2.71. The van der Waals surface area contributed by atoms with Gasteiger partial charge in [-0.25, -0.2) is 4.98 Å². The molecule has 8 nitrogen and oxygen atoms in total. The lowest BCUT2D eigenvalue weighted by Gasteiger charge is -2.43. The van der Waals surface area contributed by atoms with Crippen LogP contribution in [0.5, 0.6) is 0 Å². The number of piperazine rings is 1. The van der Waals surface area contributed by atoms with Gasteiger partial charge in [0.15, 0.2) is 0 Å². The fraction of sp³-hybridized carbons (Fsp3) is 0.174. The Bertz CT molecular complexity index is 1380. The van der Waals surface area contributed by atoms with Gasteiger partial charge in [-0.3, -0.25) is 19.4 Å². The van der Waals surface area contributed by atoms with Crippen molar-refractivity contribution in [1.29, 1.82) is 0 Å². The maximum absolute atomic E-state index is 13.1. The predicted molar refractivity (Wildman–Crippen MR) is 118 cm³/mol. The van der Waals surface area contributed by atoms with Gasteiger partial charge in [-0.2, -0.15) is 0 Å². The molecule has 5 heterocycles. The first kappa shape index (κ1) is 18.9. The minimum atomic E-state index is -0.526. The highest BCUT2D eigenvalue weighted by Crippen LogP contribution is 2.39. The van der Waals surface area contributed by atoms with Crippen LogP contribution in [0.3, 0.4) is 0 Å². The van der Waals surface area contributed by atoms with Gasteiger partial charge in [-0.05, 0) is 18.2 Å². The summed E-state index contributed by atoms with van der Waals surface area (Å²) in [7, 11) is 0. The molecule has 4 aromatic rings. The maximum atomic E-state index is 13.1. The molecule has 0 unspecified atom stereocenters. The number of nitrogens with one attached hydrogen (secondary N) is 1. The van der Waals surface area contributed by atoms with E-state index in [9.17, 15) is 14.4 Å². The molecule has 1 aromatic carbocycles. The summed E-state index contributed by atoms with van der Waals surface area (Å²) >= 11 is 1.45. The molecular weight excluding hydrogens is 426 g/mol. The average Bonchev–Trinajstić information content (AvgIpc) is 3.50. The Morgan fingerprint density at radius 2 is 1.91 bits per heavy atom. The molecule has 9 heteroatoms. The van der Waals surface area contributed by atoms with E-state index in [1.807, 2.05) is 23.6 Å². The number of carbonyl (C=O) groups excluding carboxylic acids is 3. The van der Waals surface area contributed by atoms with Gasteiger partial charge in [0.1, 0.15) is 10.7 Å². The standard InChI is InChI=1S/C23H17N5O3S/c29-20-16-14-6-7-24-19(21-25-8-11-32-21)17(14)26-18(16)15-12-27(9-10-28(15)23(20)31)22(30)13-4-2-1-3-5-13/h1-8,11,15,26H,9-10,12H2/t15-/m0/s1. The number of carbonyl (C=O) groups is 3. The first-order valence-electron chi connectivity index (χ1n) is 10.2. The van der Waals surface area contributed by atoms with Crippen molar-refractivity contribution in [3.8, 4) is 10.7 Å². The Labute approximate surface area is 186 Å². The zero-order chi connectivity index (χ0) is 21.8. The molecule has 0 spiro atoms. The molecular formula is C23H17N5O3S. The smallest absolute Gasteiger partial charge is 0.295 e.